The van der Waals surface area contributed by atoms with Crippen LogP contribution in [0, 0.1) is 0 Å². The fourth-order valence-electron chi connectivity index (χ4n) is 2.85. The van der Waals surface area contributed by atoms with Crippen LogP contribution < -0.4 is 9.64 Å². The number of halogens is 1. The molecular weight excluding hydrogens is 376 g/mol. The minimum Gasteiger partial charge on any atom is -0.497 e. The fourth-order valence-corrected chi connectivity index (χ4v) is 4.25. The number of piperazine rings is 1. The molecule has 1 fully saturated rings. The first-order chi connectivity index (χ1) is 11.2. The largest absolute Gasteiger partial charge is 0.497 e. The highest BCUT2D eigenvalue weighted by molar-refractivity contribution is 9.10. The van der Waals surface area contributed by atoms with E-state index in [-0.39, 0.29) is 5.91 Å². The van der Waals surface area contributed by atoms with Crippen LogP contribution in [0.3, 0.4) is 0 Å². The van der Waals surface area contributed by atoms with E-state index in [2.05, 4.69) is 28.1 Å². The zero-order valence-electron chi connectivity index (χ0n) is 13.0. The summed E-state index contributed by atoms with van der Waals surface area (Å²) in [6, 6.07) is 10.1. The molecule has 0 bridgehead atoms. The fraction of sp³-hybridized carbons (Fsp3) is 0.353. The third kappa shape index (κ3) is 4.13. The summed E-state index contributed by atoms with van der Waals surface area (Å²) in [5.74, 6) is 1.06. The Labute approximate surface area is 148 Å². The number of hydrogen-bond donors (Lipinski definition) is 1. The van der Waals surface area contributed by atoms with E-state index >= 15 is 0 Å². The number of ether oxygens (including phenoxy) is 1. The number of methoxy groups -OCH3 is 1. The Balaban J connectivity index is 1.55. The molecule has 1 saturated heterocycles. The van der Waals surface area contributed by atoms with Crippen LogP contribution in [0.25, 0.3) is 0 Å². The number of benzene rings is 1. The standard InChI is InChI=1S/C17H19BrN2O2S/c1-22-15-4-2-3-13(9-15)11-19-5-7-20(8-6-19)17(21)16-10-14(18)12-23-16/h2-4,9-10,12H,5-8,11H2,1H3/p+1. The van der Waals surface area contributed by atoms with Crippen molar-refractivity contribution in [2.75, 3.05) is 33.3 Å². The predicted octanol–water partition coefficient (Wildman–Crippen LogP) is 2.06. The number of hydrogen-bond acceptors (Lipinski definition) is 3. The van der Waals surface area contributed by atoms with Crippen molar-refractivity contribution in [2.24, 2.45) is 0 Å². The Bertz CT molecular complexity index is 681. The number of thiophene rings is 1. The topological polar surface area (TPSA) is 34.0 Å². The lowest BCUT2D eigenvalue weighted by Gasteiger charge is -2.32. The van der Waals surface area contributed by atoms with Crippen LogP contribution in [0.15, 0.2) is 40.2 Å². The van der Waals surface area contributed by atoms with Gasteiger partial charge in [0, 0.05) is 15.4 Å². The monoisotopic (exact) mass is 395 g/mol. The number of carbonyl (C=O) groups is 1. The second-order valence-electron chi connectivity index (χ2n) is 5.70. The maximum absolute atomic E-state index is 12.5. The molecule has 1 aromatic carbocycles. The van der Waals surface area contributed by atoms with E-state index in [4.69, 9.17) is 4.74 Å². The smallest absolute Gasteiger partial charge is 0.264 e. The predicted molar refractivity (Wildman–Crippen MR) is 95.3 cm³/mol. The highest BCUT2D eigenvalue weighted by atomic mass is 79.9. The lowest BCUT2D eigenvalue weighted by atomic mass is 10.2. The number of carbonyl (C=O) groups excluding carboxylic acids is 1. The molecule has 0 atom stereocenters. The van der Waals surface area contributed by atoms with Crippen molar-refractivity contribution >= 4 is 33.2 Å². The summed E-state index contributed by atoms with van der Waals surface area (Å²) >= 11 is 4.91. The second kappa shape index (κ2) is 7.47. The van der Waals surface area contributed by atoms with E-state index in [0.29, 0.717) is 0 Å². The molecule has 1 amide bonds. The number of rotatable bonds is 4. The molecule has 2 heterocycles. The summed E-state index contributed by atoms with van der Waals surface area (Å²) in [4.78, 5) is 16.7. The summed E-state index contributed by atoms with van der Waals surface area (Å²) in [6.45, 7) is 4.57. The molecule has 2 aromatic rings. The van der Waals surface area contributed by atoms with Gasteiger partial charge in [-0.1, -0.05) is 12.1 Å². The van der Waals surface area contributed by atoms with Gasteiger partial charge in [-0.2, -0.15) is 0 Å². The molecule has 0 saturated carbocycles. The first-order valence-electron chi connectivity index (χ1n) is 7.65. The molecule has 1 aliphatic heterocycles. The lowest BCUT2D eigenvalue weighted by Crippen LogP contribution is -3.13. The molecule has 0 unspecified atom stereocenters. The number of amides is 1. The quantitative estimate of drug-likeness (QED) is 0.859. The van der Waals surface area contributed by atoms with Crippen LogP contribution in [0.2, 0.25) is 0 Å². The molecule has 3 rings (SSSR count). The Hall–Kier alpha value is -1.37. The van der Waals surface area contributed by atoms with Crippen molar-refractivity contribution in [1.82, 2.24) is 4.90 Å². The molecule has 0 radical (unpaired) electrons. The number of nitrogens with one attached hydrogen (secondary N) is 1. The van der Waals surface area contributed by atoms with Crippen molar-refractivity contribution in [3.8, 4) is 5.75 Å². The number of nitrogens with zero attached hydrogens (tertiary/aromatic N) is 1. The molecule has 1 N–H and O–H groups in total. The van der Waals surface area contributed by atoms with Crippen molar-refractivity contribution in [3.63, 3.8) is 0 Å². The summed E-state index contributed by atoms with van der Waals surface area (Å²) in [5, 5.41) is 1.96. The van der Waals surface area contributed by atoms with Gasteiger partial charge in [-0.15, -0.1) is 11.3 Å². The molecule has 1 aromatic heterocycles. The summed E-state index contributed by atoms with van der Waals surface area (Å²) in [7, 11) is 1.69. The van der Waals surface area contributed by atoms with Crippen molar-refractivity contribution < 1.29 is 14.4 Å². The molecule has 4 nitrogen and oxygen atoms in total. The van der Waals surface area contributed by atoms with Gasteiger partial charge in [0.15, 0.2) is 0 Å². The minimum absolute atomic E-state index is 0.154. The van der Waals surface area contributed by atoms with Crippen LogP contribution in [0.5, 0.6) is 5.75 Å². The SMILES string of the molecule is COc1cccc(C[NH+]2CCN(C(=O)c3cc(Br)cs3)CC2)c1. The zero-order valence-corrected chi connectivity index (χ0v) is 15.5. The Morgan fingerprint density at radius 1 is 1.35 bits per heavy atom. The van der Waals surface area contributed by atoms with E-state index in [1.165, 1.54) is 21.8 Å². The van der Waals surface area contributed by atoms with Gasteiger partial charge in [-0.3, -0.25) is 4.79 Å². The van der Waals surface area contributed by atoms with E-state index in [1.54, 1.807) is 7.11 Å². The van der Waals surface area contributed by atoms with Crippen molar-refractivity contribution in [2.45, 2.75) is 6.54 Å². The van der Waals surface area contributed by atoms with Crippen LogP contribution in [-0.2, 0) is 6.54 Å². The summed E-state index contributed by atoms with van der Waals surface area (Å²) < 4.78 is 6.26. The molecule has 122 valence electrons. The molecule has 23 heavy (non-hydrogen) atoms. The highest BCUT2D eigenvalue weighted by Crippen LogP contribution is 2.21. The maximum Gasteiger partial charge on any atom is 0.264 e. The zero-order chi connectivity index (χ0) is 16.2. The Morgan fingerprint density at radius 2 is 2.13 bits per heavy atom. The highest BCUT2D eigenvalue weighted by Gasteiger charge is 2.25. The van der Waals surface area contributed by atoms with E-state index in [1.807, 2.05) is 28.5 Å². The third-order valence-electron chi connectivity index (χ3n) is 4.12. The van der Waals surface area contributed by atoms with Gasteiger partial charge >= 0.3 is 0 Å². The maximum atomic E-state index is 12.5. The normalized spacial score (nSPS) is 15.7. The van der Waals surface area contributed by atoms with Crippen LogP contribution >= 0.6 is 27.3 Å². The van der Waals surface area contributed by atoms with E-state index in [0.717, 1.165) is 47.8 Å². The van der Waals surface area contributed by atoms with Gasteiger partial charge in [0.25, 0.3) is 5.91 Å². The second-order valence-corrected chi connectivity index (χ2v) is 7.53. The minimum atomic E-state index is 0.154. The Kier molecular flexibility index (Phi) is 5.35. The Morgan fingerprint density at radius 3 is 2.78 bits per heavy atom. The van der Waals surface area contributed by atoms with E-state index < -0.39 is 0 Å². The van der Waals surface area contributed by atoms with E-state index in [9.17, 15) is 4.79 Å². The van der Waals surface area contributed by atoms with Gasteiger partial charge in [-0.05, 0) is 34.1 Å². The first-order valence-corrected chi connectivity index (χ1v) is 9.33. The average molecular weight is 396 g/mol. The molecule has 0 spiro atoms. The molecular formula is C17H20BrN2O2S+. The van der Waals surface area contributed by atoms with Crippen LogP contribution in [-0.4, -0.2) is 44.1 Å². The third-order valence-corrected chi connectivity index (χ3v) is 5.80. The van der Waals surface area contributed by atoms with Gasteiger partial charge in [0.2, 0.25) is 0 Å². The molecule has 6 heteroatoms. The van der Waals surface area contributed by atoms with Gasteiger partial charge in [0.05, 0.1) is 38.2 Å². The number of quaternary nitrogens is 1. The first kappa shape index (κ1) is 16.5. The van der Waals surface area contributed by atoms with Gasteiger partial charge in [-0.25, -0.2) is 0 Å². The van der Waals surface area contributed by atoms with Crippen molar-refractivity contribution in [3.05, 3.63) is 50.6 Å². The molecule has 0 aliphatic carbocycles. The van der Waals surface area contributed by atoms with Crippen LogP contribution in [0.1, 0.15) is 15.2 Å². The average Bonchev–Trinajstić information content (AvgIpc) is 3.01. The van der Waals surface area contributed by atoms with Crippen molar-refractivity contribution in [1.29, 1.82) is 0 Å². The molecule has 1 aliphatic rings. The summed E-state index contributed by atoms with van der Waals surface area (Å²) in [5.41, 5.74) is 1.28. The van der Waals surface area contributed by atoms with Gasteiger partial charge in [0.1, 0.15) is 12.3 Å². The van der Waals surface area contributed by atoms with Gasteiger partial charge < -0.3 is 14.5 Å². The summed E-state index contributed by atoms with van der Waals surface area (Å²) in [6.07, 6.45) is 0. The van der Waals surface area contributed by atoms with Crippen LogP contribution in [0.4, 0.5) is 0 Å². The lowest BCUT2D eigenvalue weighted by molar-refractivity contribution is -0.917.